The lowest BCUT2D eigenvalue weighted by atomic mass is 9.98. The highest BCUT2D eigenvalue weighted by molar-refractivity contribution is 5.66. The van der Waals surface area contributed by atoms with Crippen molar-refractivity contribution in [1.82, 2.24) is 9.97 Å². The second-order valence-corrected chi connectivity index (χ2v) is 4.65. The number of aromatic nitrogens is 2. The number of anilines is 1. The van der Waals surface area contributed by atoms with Gasteiger partial charge in [-0.3, -0.25) is 4.79 Å². The van der Waals surface area contributed by atoms with Gasteiger partial charge in [0.25, 0.3) is 0 Å². The number of carboxylic acid groups (broad SMARTS) is 1. The van der Waals surface area contributed by atoms with Crippen molar-refractivity contribution in [3.05, 3.63) is 18.1 Å². The summed E-state index contributed by atoms with van der Waals surface area (Å²) in [6.07, 6.45) is 7.02. The minimum atomic E-state index is -0.767. The maximum absolute atomic E-state index is 10.7. The number of aliphatic carboxylic acids is 1. The van der Waals surface area contributed by atoms with Crippen LogP contribution in [0, 0.1) is 11.3 Å². The maximum atomic E-state index is 10.7. The van der Waals surface area contributed by atoms with Crippen molar-refractivity contribution in [2.24, 2.45) is 0 Å². The smallest absolute Gasteiger partial charge is 0.303 e. The van der Waals surface area contributed by atoms with Crippen molar-refractivity contribution in [3.63, 3.8) is 0 Å². The van der Waals surface area contributed by atoms with E-state index in [9.17, 15) is 4.79 Å². The van der Waals surface area contributed by atoms with Gasteiger partial charge in [-0.15, -0.1) is 0 Å². The maximum Gasteiger partial charge on any atom is 0.303 e. The molecule has 1 N–H and O–H groups in total. The number of piperidine rings is 1. The molecule has 0 spiro atoms. The van der Waals surface area contributed by atoms with Gasteiger partial charge in [-0.25, -0.2) is 9.97 Å². The van der Waals surface area contributed by atoms with Crippen molar-refractivity contribution in [1.29, 1.82) is 5.26 Å². The van der Waals surface area contributed by atoms with E-state index in [-0.39, 0.29) is 12.5 Å². The predicted molar refractivity (Wildman–Crippen MR) is 68.6 cm³/mol. The lowest BCUT2D eigenvalue weighted by Gasteiger charge is -2.36. The van der Waals surface area contributed by atoms with Crippen molar-refractivity contribution in [2.75, 3.05) is 11.4 Å². The summed E-state index contributed by atoms with van der Waals surface area (Å²) in [5.74, 6) is -0.0366. The summed E-state index contributed by atoms with van der Waals surface area (Å²) in [4.78, 5) is 21.1. The highest BCUT2D eigenvalue weighted by Gasteiger charge is 2.24. The zero-order chi connectivity index (χ0) is 13.7. The van der Waals surface area contributed by atoms with Crippen LogP contribution in [-0.4, -0.2) is 33.6 Å². The van der Waals surface area contributed by atoms with Gasteiger partial charge in [-0.05, 0) is 25.7 Å². The number of hydrogen-bond donors (Lipinski definition) is 1. The van der Waals surface area contributed by atoms with E-state index in [1.807, 2.05) is 6.07 Å². The number of carboxylic acids is 1. The summed E-state index contributed by atoms with van der Waals surface area (Å²) in [7, 11) is 0. The van der Waals surface area contributed by atoms with Gasteiger partial charge in [-0.1, -0.05) is 0 Å². The quantitative estimate of drug-likeness (QED) is 0.883. The summed E-state index contributed by atoms with van der Waals surface area (Å²) in [6.45, 7) is 0.866. The van der Waals surface area contributed by atoms with E-state index in [1.54, 1.807) is 6.20 Å². The fourth-order valence-corrected chi connectivity index (χ4v) is 2.42. The normalized spacial score (nSPS) is 18.9. The van der Waals surface area contributed by atoms with E-state index < -0.39 is 5.97 Å². The first-order valence-electron chi connectivity index (χ1n) is 6.41. The monoisotopic (exact) mass is 260 g/mol. The fourth-order valence-electron chi connectivity index (χ4n) is 2.42. The molecule has 1 aromatic rings. The average Bonchev–Trinajstić information content (AvgIpc) is 2.45. The molecular formula is C13H16N4O2. The SMILES string of the molecule is N#Cc1cnc(N2CCCCC2CCC(=O)O)cn1. The number of nitrogens with zero attached hydrogens (tertiary/aromatic N) is 4. The van der Waals surface area contributed by atoms with Crippen molar-refractivity contribution in [2.45, 2.75) is 38.1 Å². The Morgan fingerprint density at radius 2 is 2.32 bits per heavy atom. The van der Waals surface area contributed by atoms with E-state index in [0.29, 0.717) is 12.1 Å². The van der Waals surface area contributed by atoms with Gasteiger partial charge in [0, 0.05) is 19.0 Å². The highest BCUT2D eigenvalue weighted by Crippen LogP contribution is 2.25. The summed E-state index contributed by atoms with van der Waals surface area (Å²) in [5.41, 5.74) is 0.294. The number of nitriles is 1. The number of hydrogen-bond acceptors (Lipinski definition) is 5. The molecule has 1 saturated heterocycles. The Hall–Kier alpha value is -2.16. The molecule has 19 heavy (non-hydrogen) atoms. The Balaban J connectivity index is 2.09. The molecule has 0 amide bonds. The Bertz CT molecular complexity index is 480. The van der Waals surface area contributed by atoms with E-state index in [2.05, 4.69) is 14.9 Å². The molecule has 6 nitrogen and oxygen atoms in total. The molecule has 1 fully saturated rings. The molecule has 0 aromatic carbocycles. The first kappa shape index (κ1) is 13.3. The number of rotatable bonds is 4. The largest absolute Gasteiger partial charge is 0.481 e. The first-order valence-corrected chi connectivity index (χ1v) is 6.41. The first-order chi connectivity index (χ1) is 9.20. The molecule has 0 saturated carbocycles. The van der Waals surface area contributed by atoms with Crippen LogP contribution in [0.2, 0.25) is 0 Å². The molecule has 6 heteroatoms. The second kappa shape index (κ2) is 6.14. The van der Waals surface area contributed by atoms with Crippen molar-refractivity contribution >= 4 is 11.8 Å². The molecule has 2 heterocycles. The Labute approximate surface area is 111 Å². The summed E-state index contributed by atoms with van der Waals surface area (Å²) in [6, 6.07) is 2.14. The molecule has 1 atom stereocenters. The van der Waals surface area contributed by atoms with E-state index >= 15 is 0 Å². The third-order valence-electron chi connectivity index (χ3n) is 3.37. The minimum Gasteiger partial charge on any atom is -0.481 e. The lowest BCUT2D eigenvalue weighted by Crippen LogP contribution is -2.40. The standard InChI is InChI=1S/C13H16N4O2/c14-7-10-8-16-12(9-15-10)17-6-2-1-3-11(17)4-5-13(18)19/h8-9,11H,1-6H2,(H,18,19). The van der Waals surface area contributed by atoms with Gasteiger partial charge in [0.05, 0.1) is 12.4 Å². The Kier molecular flexibility index (Phi) is 4.29. The van der Waals surface area contributed by atoms with Crippen LogP contribution >= 0.6 is 0 Å². The zero-order valence-electron chi connectivity index (χ0n) is 10.6. The molecule has 0 radical (unpaired) electrons. The molecule has 1 aromatic heterocycles. The van der Waals surface area contributed by atoms with Gasteiger partial charge in [0.2, 0.25) is 0 Å². The van der Waals surface area contributed by atoms with Crippen LogP contribution in [-0.2, 0) is 4.79 Å². The van der Waals surface area contributed by atoms with Gasteiger partial charge in [0.1, 0.15) is 11.9 Å². The van der Waals surface area contributed by atoms with Gasteiger partial charge in [-0.2, -0.15) is 5.26 Å². The van der Waals surface area contributed by atoms with E-state index in [4.69, 9.17) is 10.4 Å². The van der Waals surface area contributed by atoms with Crippen LogP contribution in [0.4, 0.5) is 5.82 Å². The predicted octanol–water partition coefficient (Wildman–Crippen LogP) is 1.57. The Morgan fingerprint density at radius 3 is 2.95 bits per heavy atom. The van der Waals surface area contributed by atoms with Gasteiger partial charge < -0.3 is 10.0 Å². The van der Waals surface area contributed by atoms with Gasteiger partial charge >= 0.3 is 5.97 Å². The molecular weight excluding hydrogens is 244 g/mol. The van der Waals surface area contributed by atoms with Crippen LogP contribution < -0.4 is 4.90 Å². The molecule has 100 valence electrons. The zero-order valence-corrected chi connectivity index (χ0v) is 10.6. The lowest BCUT2D eigenvalue weighted by molar-refractivity contribution is -0.137. The highest BCUT2D eigenvalue weighted by atomic mass is 16.4. The second-order valence-electron chi connectivity index (χ2n) is 4.65. The topological polar surface area (TPSA) is 90.1 Å². The van der Waals surface area contributed by atoms with E-state index in [1.165, 1.54) is 6.20 Å². The van der Waals surface area contributed by atoms with Crippen molar-refractivity contribution in [3.8, 4) is 6.07 Å². The van der Waals surface area contributed by atoms with Crippen LogP contribution in [0.15, 0.2) is 12.4 Å². The van der Waals surface area contributed by atoms with Crippen LogP contribution in [0.3, 0.4) is 0 Å². The molecule has 1 unspecified atom stereocenters. The van der Waals surface area contributed by atoms with Crippen LogP contribution in [0.5, 0.6) is 0 Å². The van der Waals surface area contributed by atoms with E-state index in [0.717, 1.165) is 31.6 Å². The summed E-state index contributed by atoms with van der Waals surface area (Å²) >= 11 is 0. The Morgan fingerprint density at radius 1 is 1.47 bits per heavy atom. The number of carbonyl (C=O) groups is 1. The third-order valence-corrected chi connectivity index (χ3v) is 3.37. The van der Waals surface area contributed by atoms with Crippen LogP contribution in [0.1, 0.15) is 37.8 Å². The van der Waals surface area contributed by atoms with Crippen LogP contribution in [0.25, 0.3) is 0 Å². The molecule has 0 aliphatic carbocycles. The molecule has 1 aliphatic heterocycles. The summed E-state index contributed by atoms with van der Waals surface area (Å²) in [5, 5.41) is 17.5. The fraction of sp³-hybridized carbons (Fsp3) is 0.538. The van der Waals surface area contributed by atoms with Gasteiger partial charge in [0.15, 0.2) is 5.69 Å². The minimum absolute atomic E-state index is 0.172. The molecule has 2 rings (SSSR count). The average molecular weight is 260 g/mol. The summed E-state index contributed by atoms with van der Waals surface area (Å²) < 4.78 is 0. The van der Waals surface area contributed by atoms with Crippen molar-refractivity contribution < 1.29 is 9.90 Å². The molecule has 1 aliphatic rings. The third kappa shape index (κ3) is 3.41. The molecule has 0 bridgehead atoms.